The van der Waals surface area contributed by atoms with Gasteiger partial charge in [0, 0.05) is 18.9 Å². The van der Waals surface area contributed by atoms with E-state index in [1.54, 1.807) is 24.4 Å². The molecule has 0 N–H and O–H groups in total. The van der Waals surface area contributed by atoms with Crippen molar-refractivity contribution in [3.8, 4) is 0 Å². The second-order valence-corrected chi connectivity index (χ2v) is 3.81. The van der Waals surface area contributed by atoms with E-state index in [-0.39, 0.29) is 5.82 Å². The van der Waals surface area contributed by atoms with E-state index in [4.69, 9.17) is 11.6 Å². The van der Waals surface area contributed by atoms with E-state index in [2.05, 4.69) is 4.98 Å². The van der Waals surface area contributed by atoms with Gasteiger partial charge in [0.1, 0.15) is 11.6 Å². The Morgan fingerprint density at radius 3 is 2.38 bits per heavy atom. The molecule has 1 heterocycles. The van der Waals surface area contributed by atoms with E-state index < -0.39 is 0 Å². The molecule has 0 saturated carbocycles. The lowest BCUT2D eigenvalue weighted by Gasteiger charge is -2.17. The molecule has 16 heavy (non-hydrogen) atoms. The lowest BCUT2D eigenvalue weighted by Crippen LogP contribution is -2.10. The van der Waals surface area contributed by atoms with Crippen LogP contribution in [0.3, 0.4) is 0 Å². The van der Waals surface area contributed by atoms with Crippen molar-refractivity contribution in [2.75, 3.05) is 11.9 Å². The van der Waals surface area contributed by atoms with Crippen molar-refractivity contribution in [2.24, 2.45) is 0 Å². The first-order valence-electron chi connectivity index (χ1n) is 4.77. The zero-order chi connectivity index (χ0) is 11.5. The Balaban J connectivity index is 2.28. The number of hydrogen-bond donors (Lipinski definition) is 0. The standard InChI is InChI=1S/C12H10ClFN2/c1-16(11-5-3-10(14)4-6-11)12-7-2-9(13)8-15-12/h2-8H,1H3. The van der Waals surface area contributed by atoms with Crippen molar-refractivity contribution >= 4 is 23.1 Å². The molecule has 0 spiro atoms. The van der Waals surface area contributed by atoms with Crippen molar-refractivity contribution in [3.63, 3.8) is 0 Å². The van der Waals surface area contributed by atoms with E-state index in [1.807, 2.05) is 18.0 Å². The predicted molar refractivity (Wildman–Crippen MR) is 63.7 cm³/mol. The predicted octanol–water partition coefficient (Wildman–Crippen LogP) is 3.64. The van der Waals surface area contributed by atoms with Crippen LogP contribution in [-0.2, 0) is 0 Å². The summed E-state index contributed by atoms with van der Waals surface area (Å²) in [6, 6.07) is 9.82. The summed E-state index contributed by atoms with van der Waals surface area (Å²) in [7, 11) is 1.86. The van der Waals surface area contributed by atoms with E-state index in [0.29, 0.717) is 5.02 Å². The molecule has 1 aromatic carbocycles. The number of benzene rings is 1. The number of hydrogen-bond acceptors (Lipinski definition) is 2. The van der Waals surface area contributed by atoms with Gasteiger partial charge in [0.05, 0.1) is 5.02 Å². The second-order valence-electron chi connectivity index (χ2n) is 3.37. The minimum Gasteiger partial charge on any atom is -0.329 e. The fraction of sp³-hybridized carbons (Fsp3) is 0.0833. The van der Waals surface area contributed by atoms with Gasteiger partial charge in [-0.1, -0.05) is 11.6 Å². The topological polar surface area (TPSA) is 16.1 Å². The van der Waals surface area contributed by atoms with Gasteiger partial charge >= 0.3 is 0 Å². The lowest BCUT2D eigenvalue weighted by atomic mass is 10.3. The van der Waals surface area contributed by atoms with E-state index in [0.717, 1.165) is 11.5 Å². The number of nitrogens with zero attached hydrogens (tertiary/aromatic N) is 2. The molecule has 82 valence electrons. The summed E-state index contributed by atoms with van der Waals surface area (Å²) in [6.45, 7) is 0. The molecule has 0 amide bonds. The molecule has 0 aliphatic heterocycles. The Labute approximate surface area is 98.3 Å². The quantitative estimate of drug-likeness (QED) is 0.791. The summed E-state index contributed by atoms with van der Waals surface area (Å²) >= 11 is 5.75. The highest BCUT2D eigenvalue weighted by Crippen LogP contribution is 2.22. The number of pyridine rings is 1. The maximum absolute atomic E-state index is 12.8. The number of anilines is 2. The van der Waals surface area contributed by atoms with Crippen LogP contribution in [-0.4, -0.2) is 12.0 Å². The van der Waals surface area contributed by atoms with Gasteiger partial charge in [0.25, 0.3) is 0 Å². The molecule has 1 aromatic heterocycles. The molecule has 0 radical (unpaired) electrons. The molecule has 2 rings (SSSR count). The van der Waals surface area contributed by atoms with Crippen LogP contribution in [0.2, 0.25) is 5.02 Å². The van der Waals surface area contributed by atoms with Crippen LogP contribution >= 0.6 is 11.6 Å². The zero-order valence-electron chi connectivity index (χ0n) is 8.69. The summed E-state index contributed by atoms with van der Waals surface area (Å²) < 4.78 is 12.8. The third-order valence-electron chi connectivity index (χ3n) is 2.27. The van der Waals surface area contributed by atoms with Crippen molar-refractivity contribution in [2.45, 2.75) is 0 Å². The average molecular weight is 237 g/mol. The molecule has 0 fully saturated rings. The van der Waals surface area contributed by atoms with E-state index in [9.17, 15) is 4.39 Å². The lowest BCUT2D eigenvalue weighted by molar-refractivity contribution is 0.628. The van der Waals surface area contributed by atoms with E-state index in [1.165, 1.54) is 12.1 Å². The monoisotopic (exact) mass is 236 g/mol. The average Bonchev–Trinajstić information content (AvgIpc) is 2.30. The number of aromatic nitrogens is 1. The minimum absolute atomic E-state index is 0.249. The minimum atomic E-state index is -0.249. The van der Waals surface area contributed by atoms with Gasteiger partial charge in [-0.05, 0) is 36.4 Å². The SMILES string of the molecule is CN(c1ccc(F)cc1)c1ccc(Cl)cn1. The van der Waals surface area contributed by atoms with Crippen LogP contribution in [0.5, 0.6) is 0 Å². The first-order chi connectivity index (χ1) is 7.66. The molecule has 2 aromatic rings. The Kier molecular flexibility index (Phi) is 3.06. The van der Waals surface area contributed by atoms with Crippen LogP contribution in [0.1, 0.15) is 0 Å². The summed E-state index contributed by atoms with van der Waals surface area (Å²) in [4.78, 5) is 6.03. The van der Waals surface area contributed by atoms with Gasteiger partial charge in [0.15, 0.2) is 0 Å². The smallest absolute Gasteiger partial charge is 0.132 e. The maximum Gasteiger partial charge on any atom is 0.132 e. The molecule has 0 bridgehead atoms. The molecular weight excluding hydrogens is 227 g/mol. The molecule has 2 nitrogen and oxygen atoms in total. The molecular formula is C12H10ClFN2. The molecule has 4 heteroatoms. The van der Waals surface area contributed by atoms with Crippen LogP contribution < -0.4 is 4.90 Å². The van der Waals surface area contributed by atoms with Gasteiger partial charge in [-0.2, -0.15) is 0 Å². The maximum atomic E-state index is 12.8. The fourth-order valence-corrected chi connectivity index (χ4v) is 1.48. The Hall–Kier alpha value is -1.61. The number of rotatable bonds is 2. The highest BCUT2D eigenvalue weighted by Gasteiger charge is 2.04. The Bertz CT molecular complexity index is 422. The third-order valence-corrected chi connectivity index (χ3v) is 2.49. The van der Waals surface area contributed by atoms with Gasteiger partial charge in [-0.15, -0.1) is 0 Å². The fourth-order valence-electron chi connectivity index (χ4n) is 1.36. The third kappa shape index (κ3) is 2.31. The summed E-state index contributed by atoms with van der Waals surface area (Å²) in [5, 5.41) is 0.594. The summed E-state index contributed by atoms with van der Waals surface area (Å²) in [6.07, 6.45) is 1.58. The van der Waals surface area contributed by atoms with Crippen LogP contribution in [0.4, 0.5) is 15.9 Å². The van der Waals surface area contributed by atoms with Crippen LogP contribution in [0.25, 0.3) is 0 Å². The molecule has 0 aliphatic rings. The Morgan fingerprint density at radius 2 is 1.81 bits per heavy atom. The van der Waals surface area contributed by atoms with E-state index >= 15 is 0 Å². The number of halogens is 2. The van der Waals surface area contributed by atoms with Crippen molar-refractivity contribution in [1.82, 2.24) is 4.98 Å². The van der Waals surface area contributed by atoms with Gasteiger partial charge < -0.3 is 4.90 Å². The van der Waals surface area contributed by atoms with Crippen molar-refractivity contribution in [3.05, 3.63) is 53.4 Å². The van der Waals surface area contributed by atoms with Crippen LogP contribution in [0, 0.1) is 5.82 Å². The first kappa shape index (κ1) is 10.9. The summed E-state index contributed by atoms with van der Waals surface area (Å²) in [5.41, 5.74) is 0.872. The highest BCUT2D eigenvalue weighted by molar-refractivity contribution is 6.30. The van der Waals surface area contributed by atoms with Crippen molar-refractivity contribution in [1.29, 1.82) is 0 Å². The van der Waals surface area contributed by atoms with Crippen LogP contribution in [0.15, 0.2) is 42.6 Å². The van der Waals surface area contributed by atoms with Gasteiger partial charge in [-0.25, -0.2) is 9.37 Å². The molecule has 0 atom stereocenters. The summed E-state index contributed by atoms with van der Waals surface area (Å²) in [5.74, 6) is 0.511. The highest BCUT2D eigenvalue weighted by atomic mass is 35.5. The van der Waals surface area contributed by atoms with Crippen molar-refractivity contribution < 1.29 is 4.39 Å². The normalized spacial score (nSPS) is 10.2. The molecule has 0 aliphatic carbocycles. The molecule has 0 unspecified atom stereocenters. The first-order valence-corrected chi connectivity index (χ1v) is 5.15. The van der Waals surface area contributed by atoms with Gasteiger partial charge in [-0.3, -0.25) is 0 Å². The second kappa shape index (κ2) is 4.49. The molecule has 0 saturated heterocycles. The Morgan fingerprint density at radius 1 is 1.12 bits per heavy atom. The largest absolute Gasteiger partial charge is 0.329 e. The zero-order valence-corrected chi connectivity index (χ0v) is 9.45. The van der Waals surface area contributed by atoms with Gasteiger partial charge in [0.2, 0.25) is 0 Å².